The van der Waals surface area contributed by atoms with Crippen LogP contribution < -0.4 is 5.32 Å². The first-order valence-electron chi connectivity index (χ1n) is 6.00. The molecule has 0 aromatic rings. The topological polar surface area (TPSA) is 72.9 Å². The molecule has 0 aliphatic carbocycles. The van der Waals surface area contributed by atoms with Crippen LogP contribution in [0.4, 0.5) is 0 Å². The molecule has 0 radical (unpaired) electrons. The van der Waals surface area contributed by atoms with E-state index >= 15 is 0 Å². The van der Waals surface area contributed by atoms with E-state index in [2.05, 4.69) is 10.2 Å². The van der Waals surface area contributed by atoms with E-state index in [-0.39, 0.29) is 12.3 Å². The van der Waals surface area contributed by atoms with Gasteiger partial charge in [0.2, 0.25) is 5.91 Å². The lowest BCUT2D eigenvalue weighted by molar-refractivity contribution is -0.138. The molecule has 0 unspecified atom stereocenters. The second kappa shape index (κ2) is 7.24. The van der Waals surface area contributed by atoms with Crippen molar-refractivity contribution >= 4 is 11.9 Å². The average Bonchev–Trinajstić information content (AvgIpc) is 2.34. The first-order valence-corrected chi connectivity index (χ1v) is 6.00. The Bertz CT molecular complexity index is 263. The Hall–Kier alpha value is -1.14. The van der Waals surface area contributed by atoms with Crippen LogP contribution in [0.2, 0.25) is 0 Å². The van der Waals surface area contributed by atoms with Crippen molar-refractivity contribution in [3.63, 3.8) is 0 Å². The summed E-state index contributed by atoms with van der Waals surface area (Å²) in [4.78, 5) is 26.1. The Labute approximate surface area is 102 Å². The SMILES string of the molecule is CNCCC(=O)N1CCN(CCC(=O)O)CC1. The van der Waals surface area contributed by atoms with Crippen molar-refractivity contribution in [1.29, 1.82) is 0 Å². The summed E-state index contributed by atoms with van der Waals surface area (Å²) in [5.74, 6) is -0.588. The van der Waals surface area contributed by atoms with Gasteiger partial charge in [0.15, 0.2) is 0 Å². The molecule has 0 aromatic heterocycles. The van der Waals surface area contributed by atoms with Crippen LogP contribution in [-0.2, 0) is 9.59 Å². The van der Waals surface area contributed by atoms with E-state index in [4.69, 9.17) is 5.11 Å². The Balaban J connectivity index is 2.20. The first kappa shape index (κ1) is 13.9. The highest BCUT2D eigenvalue weighted by Crippen LogP contribution is 2.04. The van der Waals surface area contributed by atoms with E-state index < -0.39 is 5.97 Å². The molecule has 1 rings (SSSR count). The molecule has 1 saturated heterocycles. The van der Waals surface area contributed by atoms with Gasteiger partial charge >= 0.3 is 5.97 Å². The maximum Gasteiger partial charge on any atom is 0.304 e. The van der Waals surface area contributed by atoms with Gasteiger partial charge in [0, 0.05) is 45.7 Å². The fourth-order valence-electron chi connectivity index (χ4n) is 1.86. The Morgan fingerprint density at radius 1 is 1.18 bits per heavy atom. The van der Waals surface area contributed by atoms with Gasteiger partial charge in [0.25, 0.3) is 0 Å². The number of aliphatic carboxylic acids is 1. The van der Waals surface area contributed by atoms with E-state index in [9.17, 15) is 9.59 Å². The lowest BCUT2D eigenvalue weighted by atomic mass is 10.2. The highest BCUT2D eigenvalue weighted by Gasteiger charge is 2.20. The van der Waals surface area contributed by atoms with Crippen molar-refractivity contribution in [2.24, 2.45) is 0 Å². The molecular weight excluding hydrogens is 222 g/mol. The molecular formula is C11H21N3O3. The predicted molar refractivity (Wildman–Crippen MR) is 63.8 cm³/mol. The molecule has 98 valence electrons. The van der Waals surface area contributed by atoms with E-state index in [1.807, 2.05) is 11.9 Å². The molecule has 0 bridgehead atoms. The quantitative estimate of drug-likeness (QED) is 0.640. The van der Waals surface area contributed by atoms with Gasteiger partial charge in [-0.05, 0) is 7.05 Å². The molecule has 1 fully saturated rings. The molecule has 0 atom stereocenters. The second-order valence-electron chi connectivity index (χ2n) is 4.22. The zero-order chi connectivity index (χ0) is 12.7. The highest BCUT2D eigenvalue weighted by atomic mass is 16.4. The van der Waals surface area contributed by atoms with Crippen molar-refractivity contribution in [2.75, 3.05) is 46.3 Å². The maximum absolute atomic E-state index is 11.7. The molecule has 1 aliphatic rings. The molecule has 1 amide bonds. The van der Waals surface area contributed by atoms with Crippen LogP contribution >= 0.6 is 0 Å². The minimum absolute atomic E-state index is 0.174. The standard InChI is InChI=1S/C11H21N3O3/c1-12-4-2-10(15)14-8-6-13(7-9-14)5-3-11(16)17/h12H,2-9H2,1H3,(H,16,17). The van der Waals surface area contributed by atoms with Gasteiger partial charge in [-0.25, -0.2) is 0 Å². The molecule has 0 saturated carbocycles. The Morgan fingerprint density at radius 2 is 1.82 bits per heavy atom. The first-order chi connectivity index (χ1) is 8.13. The zero-order valence-electron chi connectivity index (χ0n) is 10.3. The highest BCUT2D eigenvalue weighted by molar-refractivity contribution is 5.76. The average molecular weight is 243 g/mol. The van der Waals surface area contributed by atoms with Gasteiger partial charge in [-0.15, -0.1) is 0 Å². The number of carbonyl (C=O) groups is 2. The molecule has 17 heavy (non-hydrogen) atoms. The van der Waals surface area contributed by atoms with E-state index in [0.29, 0.717) is 32.6 Å². The second-order valence-corrected chi connectivity index (χ2v) is 4.22. The van der Waals surface area contributed by atoms with Crippen molar-refractivity contribution < 1.29 is 14.7 Å². The molecule has 6 heteroatoms. The van der Waals surface area contributed by atoms with Crippen molar-refractivity contribution in [2.45, 2.75) is 12.8 Å². The summed E-state index contributed by atoms with van der Waals surface area (Å²) in [6.07, 6.45) is 0.708. The Morgan fingerprint density at radius 3 is 2.35 bits per heavy atom. The number of hydrogen-bond acceptors (Lipinski definition) is 4. The van der Waals surface area contributed by atoms with E-state index in [0.717, 1.165) is 13.1 Å². The molecule has 0 spiro atoms. The number of carboxylic acids is 1. The molecule has 1 heterocycles. The molecule has 1 aliphatic heterocycles. The van der Waals surface area contributed by atoms with Crippen LogP contribution in [0.5, 0.6) is 0 Å². The summed E-state index contributed by atoms with van der Waals surface area (Å²) >= 11 is 0. The third-order valence-corrected chi connectivity index (χ3v) is 2.96. The molecule has 6 nitrogen and oxygen atoms in total. The fourth-order valence-corrected chi connectivity index (χ4v) is 1.86. The van der Waals surface area contributed by atoms with Crippen molar-refractivity contribution in [1.82, 2.24) is 15.1 Å². The minimum atomic E-state index is -0.766. The number of nitrogens with one attached hydrogen (secondary N) is 1. The van der Waals surface area contributed by atoms with Crippen LogP contribution in [0.1, 0.15) is 12.8 Å². The largest absolute Gasteiger partial charge is 0.481 e. The lowest BCUT2D eigenvalue weighted by Gasteiger charge is -2.34. The lowest BCUT2D eigenvalue weighted by Crippen LogP contribution is -2.49. The van der Waals surface area contributed by atoms with Gasteiger partial charge < -0.3 is 15.3 Å². The summed E-state index contributed by atoms with van der Waals surface area (Å²) < 4.78 is 0. The maximum atomic E-state index is 11.7. The van der Waals surface area contributed by atoms with Gasteiger partial charge in [0.1, 0.15) is 0 Å². The van der Waals surface area contributed by atoms with Crippen molar-refractivity contribution in [3.8, 4) is 0 Å². The Kier molecular flexibility index (Phi) is 5.93. The van der Waals surface area contributed by atoms with Crippen molar-refractivity contribution in [3.05, 3.63) is 0 Å². The third kappa shape index (κ3) is 5.14. The van der Waals surface area contributed by atoms with E-state index in [1.54, 1.807) is 0 Å². The normalized spacial score (nSPS) is 17.1. The number of carbonyl (C=O) groups excluding carboxylic acids is 1. The number of hydrogen-bond donors (Lipinski definition) is 2. The molecule has 2 N–H and O–H groups in total. The summed E-state index contributed by atoms with van der Waals surface area (Å²) in [5.41, 5.74) is 0. The third-order valence-electron chi connectivity index (χ3n) is 2.96. The number of nitrogens with zero attached hydrogens (tertiary/aromatic N) is 2. The monoisotopic (exact) mass is 243 g/mol. The summed E-state index contributed by atoms with van der Waals surface area (Å²) in [5, 5.41) is 11.5. The van der Waals surface area contributed by atoms with Crippen LogP contribution in [-0.4, -0.2) is 73.1 Å². The number of amides is 1. The number of piperazine rings is 1. The fraction of sp³-hybridized carbons (Fsp3) is 0.818. The van der Waals surface area contributed by atoms with Gasteiger partial charge in [0.05, 0.1) is 6.42 Å². The van der Waals surface area contributed by atoms with Crippen LogP contribution in [0, 0.1) is 0 Å². The van der Waals surface area contributed by atoms with Crippen LogP contribution in [0.3, 0.4) is 0 Å². The smallest absolute Gasteiger partial charge is 0.304 e. The van der Waals surface area contributed by atoms with Crippen LogP contribution in [0.15, 0.2) is 0 Å². The summed E-state index contributed by atoms with van der Waals surface area (Å²) in [7, 11) is 1.83. The number of rotatable bonds is 6. The van der Waals surface area contributed by atoms with Crippen LogP contribution in [0.25, 0.3) is 0 Å². The van der Waals surface area contributed by atoms with Gasteiger partial charge in [-0.3, -0.25) is 14.5 Å². The predicted octanol–water partition coefficient (Wildman–Crippen LogP) is -0.785. The summed E-state index contributed by atoms with van der Waals surface area (Å²) in [6.45, 7) is 4.26. The summed E-state index contributed by atoms with van der Waals surface area (Å²) in [6, 6.07) is 0. The number of carboxylic acid groups (broad SMARTS) is 1. The minimum Gasteiger partial charge on any atom is -0.481 e. The van der Waals surface area contributed by atoms with Gasteiger partial charge in [-0.2, -0.15) is 0 Å². The van der Waals surface area contributed by atoms with Gasteiger partial charge in [-0.1, -0.05) is 0 Å². The van der Waals surface area contributed by atoms with E-state index in [1.165, 1.54) is 0 Å². The zero-order valence-corrected chi connectivity index (χ0v) is 10.3. The molecule has 0 aromatic carbocycles.